The number of carbonyl (C=O) groups is 2. The average Bonchev–Trinajstić information content (AvgIpc) is 3.46. The van der Waals surface area contributed by atoms with Gasteiger partial charge in [-0.05, 0) is 24.6 Å². The summed E-state index contributed by atoms with van der Waals surface area (Å²) in [5.41, 5.74) is 1.55. The molecule has 2 heterocycles. The number of nitrogens with one attached hydrogen (secondary N) is 1. The maximum Gasteiger partial charge on any atom is 0.227 e. The maximum absolute atomic E-state index is 14.6. The van der Waals surface area contributed by atoms with Gasteiger partial charge in [-0.3, -0.25) is 9.59 Å². The minimum Gasteiger partial charge on any atom is -0.493 e. The van der Waals surface area contributed by atoms with Crippen molar-refractivity contribution in [3.05, 3.63) is 59.9 Å². The second kappa shape index (κ2) is 10.0. The van der Waals surface area contributed by atoms with E-state index in [1.807, 2.05) is 0 Å². The molecule has 1 fully saturated rings. The topological polar surface area (TPSA) is 94.9 Å². The summed E-state index contributed by atoms with van der Waals surface area (Å²) in [5, 5.41) is 2.82. The lowest BCUT2D eigenvalue weighted by molar-refractivity contribution is -0.126. The predicted octanol–water partition coefficient (Wildman–Crippen LogP) is 3.01. The minimum atomic E-state index is -0.542. The van der Waals surface area contributed by atoms with Crippen LogP contribution in [-0.4, -0.2) is 49.2 Å². The molecule has 1 unspecified atom stereocenters. The van der Waals surface area contributed by atoms with Crippen LogP contribution in [0, 0.1) is 18.7 Å². The van der Waals surface area contributed by atoms with Crippen molar-refractivity contribution in [3.63, 3.8) is 0 Å². The van der Waals surface area contributed by atoms with Crippen molar-refractivity contribution < 1.29 is 28.2 Å². The Labute approximate surface area is 202 Å². The molecular formula is C25H27FN4O5. The number of halogens is 1. The van der Waals surface area contributed by atoms with Crippen molar-refractivity contribution in [2.24, 2.45) is 5.92 Å². The number of hydrogen-bond acceptors (Lipinski definition) is 6. The SMILES string of the molecule is COc1cc(N2CC(C(=O)NCc3ccc(-n4ccnc4C)c(F)c3)CC2=O)cc(OC)c1OC. The first-order valence-corrected chi connectivity index (χ1v) is 11.0. The van der Waals surface area contributed by atoms with Gasteiger partial charge in [0, 0.05) is 44.0 Å². The van der Waals surface area contributed by atoms with Gasteiger partial charge in [0.05, 0.1) is 38.6 Å². The summed E-state index contributed by atoms with van der Waals surface area (Å²) >= 11 is 0. The zero-order valence-electron chi connectivity index (χ0n) is 20.0. The highest BCUT2D eigenvalue weighted by molar-refractivity contribution is 6.00. The smallest absolute Gasteiger partial charge is 0.227 e. The van der Waals surface area contributed by atoms with Crippen LogP contribution >= 0.6 is 0 Å². The number of hydrogen-bond donors (Lipinski definition) is 1. The van der Waals surface area contributed by atoms with E-state index in [4.69, 9.17) is 14.2 Å². The summed E-state index contributed by atoms with van der Waals surface area (Å²) in [6.45, 7) is 2.14. The van der Waals surface area contributed by atoms with Gasteiger partial charge in [0.1, 0.15) is 11.6 Å². The second-order valence-corrected chi connectivity index (χ2v) is 8.14. The summed E-state index contributed by atoms with van der Waals surface area (Å²) in [5.74, 6) is 0.502. The molecule has 2 aromatic carbocycles. The molecule has 1 atom stereocenters. The number of ether oxygens (including phenoxy) is 3. The van der Waals surface area contributed by atoms with Crippen LogP contribution in [0.2, 0.25) is 0 Å². The molecule has 184 valence electrons. The molecule has 0 saturated carbocycles. The van der Waals surface area contributed by atoms with Crippen LogP contribution in [0.15, 0.2) is 42.7 Å². The molecule has 1 saturated heterocycles. The van der Waals surface area contributed by atoms with Gasteiger partial charge in [-0.25, -0.2) is 9.37 Å². The molecule has 1 N–H and O–H groups in total. The van der Waals surface area contributed by atoms with Crippen molar-refractivity contribution in [2.75, 3.05) is 32.8 Å². The number of methoxy groups -OCH3 is 3. The fraction of sp³-hybridized carbons (Fsp3) is 0.320. The number of imidazole rings is 1. The van der Waals surface area contributed by atoms with Crippen LogP contribution in [0.1, 0.15) is 17.8 Å². The third kappa shape index (κ3) is 4.77. The highest BCUT2D eigenvalue weighted by Gasteiger charge is 2.36. The number of rotatable bonds is 8. The molecular weight excluding hydrogens is 455 g/mol. The van der Waals surface area contributed by atoms with E-state index < -0.39 is 11.7 Å². The Bertz CT molecular complexity index is 1230. The van der Waals surface area contributed by atoms with Crippen LogP contribution in [-0.2, 0) is 16.1 Å². The monoisotopic (exact) mass is 482 g/mol. The van der Waals surface area contributed by atoms with Gasteiger partial charge in [0.15, 0.2) is 11.5 Å². The van der Waals surface area contributed by atoms with Gasteiger partial charge in [-0.15, -0.1) is 0 Å². The molecule has 10 heteroatoms. The Kier molecular flexibility index (Phi) is 6.90. The van der Waals surface area contributed by atoms with Gasteiger partial charge in [0.2, 0.25) is 17.6 Å². The van der Waals surface area contributed by atoms with E-state index >= 15 is 0 Å². The van der Waals surface area contributed by atoms with Crippen LogP contribution in [0.25, 0.3) is 5.69 Å². The lowest BCUT2D eigenvalue weighted by Crippen LogP contribution is -2.32. The van der Waals surface area contributed by atoms with Crippen molar-refractivity contribution in [1.82, 2.24) is 14.9 Å². The molecule has 1 aliphatic rings. The summed E-state index contributed by atoms with van der Waals surface area (Å²) in [7, 11) is 4.49. The average molecular weight is 483 g/mol. The minimum absolute atomic E-state index is 0.0652. The Morgan fingerprint density at radius 1 is 1.14 bits per heavy atom. The Hall–Kier alpha value is -4.08. The molecule has 0 spiro atoms. The number of carbonyl (C=O) groups excluding carboxylic acids is 2. The third-order valence-corrected chi connectivity index (χ3v) is 6.02. The third-order valence-electron chi connectivity index (χ3n) is 6.02. The lowest BCUT2D eigenvalue weighted by atomic mass is 10.1. The van der Waals surface area contributed by atoms with E-state index in [1.165, 1.54) is 32.3 Å². The molecule has 35 heavy (non-hydrogen) atoms. The van der Waals surface area contributed by atoms with Gasteiger partial charge in [-0.1, -0.05) is 6.07 Å². The second-order valence-electron chi connectivity index (χ2n) is 8.14. The standard InChI is InChI=1S/C25H27FN4O5/c1-15-27-7-8-29(15)20-6-5-16(9-19(20)26)13-28-25(32)17-10-23(31)30(14-17)18-11-21(33-2)24(35-4)22(12-18)34-3/h5-9,11-12,17H,10,13-14H2,1-4H3,(H,28,32). The van der Waals surface area contributed by atoms with Gasteiger partial charge in [-0.2, -0.15) is 0 Å². The molecule has 2 amide bonds. The number of amides is 2. The highest BCUT2D eigenvalue weighted by Crippen LogP contribution is 2.42. The Balaban J connectivity index is 1.43. The zero-order chi connectivity index (χ0) is 25.1. The Morgan fingerprint density at radius 3 is 2.43 bits per heavy atom. The molecule has 4 rings (SSSR count). The van der Waals surface area contributed by atoms with Gasteiger partial charge >= 0.3 is 0 Å². The first kappa shape index (κ1) is 24.1. The number of aromatic nitrogens is 2. The van der Waals surface area contributed by atoms with E-state index in [9.17, 15) is 14.0 Å². The van der Waals surface area contributed by atoms with Crippen LogP contribution < -0.4 is 24.4 Å². The van der Waals surface area contributed by atoms with E-state index in [0.717, 1.165) is 0 Å². The van der Waals surface area contributed by atoms with Crippen molar-refractivity contribution in [1.29, 1.82) is 0 Å². The van der Waals surface area contributed by atoms with Crippen LogP contribution in [0.3, 0.4) is 0 Å². The molecule has 0 bridgehead atoms. The number of benzene rings is 2. The molecule has 0 aliphatic carbocycles. The molecule has 9 nitrogen and oxygen atoms in total. The zero-order valence-corrected chi connectivity index (χ0v) is 20.0. The lowest BCUT2D eigenvalue weighted by Gasteiger charge is -2.20. The summed E-state index contributed by atoms with van der Waals surface area (Å²) in [6.07, 6.45) is 3.36. The summed E-state index contributed by atoms with van der Waals surface area (Å²) < 4.78 is 32.4. The summed E-state index contributed by atoms with van der Waals surface area (Å²) in [4.78, 5) is 31.2. The molecule has 3 aromatic rings. The van der Waals surface area contributed by atoms with E-state index in [0.29, 0.717) is 40.0 Å². The first-order chi connectivity index (χ1) is 16.9. The number of nitrogens with zero attached hydrogens (tertiary/aromatic N) is 3. The molecule has 1 aliphatic heterocycles. The largest absolute Gasteiger partial charge is 0.493 e. The van der Waals surface area contributed by atoms with E-state index in [1.54, 1.807) is 48.1 Å². The first-order valence-electron chi connectivity index (χ1n) is 11.0. The normalized spacial score (nSPS) is 15.3. The fourth-order valence-corrected chi connectivity index (χ4v) is 4.18. The quantitative estimate of drug-likeness (QED) is 0.531. The maximum atomic E-state index is 14.6. The molecule has 1 aromatic heterocycles. The van der Waals surface area contributed by atoms with Crippen molar-refractivity contribution >= 4 is 17.5 Å². The number of aryl methyl sites for hydroxylation is 1. The van der Waals surface area contributed by atoms with Crippen LogP contribution in [0.4, 0.5) is 10.1 Å². The highest BCUT2D eigenvalue weighted by atomic mass is 19.1. The van der Waals surface area contributed by atoms with E-state index in [-0.39, 0.29) is 31.3 Å². The van der Waals surface area contributed by atoms with Crippen LogP contribution in [0.5, 0.6) is 17.2 Å². The van der Waals surface area contributed by atoms with E-state index in [2.05, 4.69) is 10.3 Å². The fourth-order valence-electron chi connectivity index (χ4n) is 4.18. The molecule has 0 radical (unpaired) electrons. The number of anilines is 1. The van der Waals surface area contributed by atoms with Crippen molar-refractivity contribution in [2.45, 2.75) is 19.9 Å². The van der Waals surface area contributed by atoms with Gasteiger partial charge < -0.3 is 29.0 Å². The summed E-state index contributed by atoms with van der Waals surface area (Å²) in [6, 6.07) is 8.13. The Morgan fingerprint density at radius 2 is 1.86 bits per heavy atom. The predicted molar refractivity (Wildman–Crippen MR) is 127 cm³/mol. The van der Waals surface area contributed by atoms with Gasteiger partial charge in [0.25, 0.3) is 0 Å². The van der Waals surface area contributed by atoms with Crippen molar-refractivity contribution in [3.8, 4) is 22.9 Å².